The van der Waals surface area contributed by atoms with Crippen molar-refractivity contribution in [3.05, 3.63) is 63.0 Å². The number of carbonyl (C=O) groups excluding carboxylic acids is 2. The van der Waals surface area contributed by atoms with Gasteiger partial charge in [-0.25, -0.2) is 8.42 Å². The van der Waals surface area contributed by atoms with Gasteiger partial charge in [0, 0.05) is 22.0 Å². The topological polar surface area (TPSA) is 86.8 Å². The summed E-state index contributed by atoms with van der Waals surface area (Å²) in [7, 11) is -3.74. The molecule has 2 aromatic carbocycles. The Hall–Kier alpha value is -1.91. The third-order valence-electron chi connectivity index (χ3n) is 4.56. The van der Waals surface area contributed by atoms with Crippen LogP contribution in [0.3, 0.4) is 0 Å². The Kier molecular flexibility index (Phi) is 9.08. The van der Waals surface area contributed by atoms with Crippen molar-refractivity contribution in [3.63, 3.8) is 0 Å². The maximum Gasteiger partial charge on any atom is 0.244 e. The number of rotatable bonds is 9. The molecule has 1 N–H and O–H groups in total. The molecule has 2 aromatic rings. The second kappa shape index (κ2) is 11.1. The van der Waals surface area contributed by atoms with Crippen LogP contribution in [0, 0.1) is 0 Å². The number of nitrogens with one attached hydrogen (secondary N) is 1. The van der Waals surface area contributed by atoms with E-state index in [0.717, 1.165) is 20.6 Å². The lowest BCUT2D eigenvalue weighted by atomic mass is 10.1. The maximum atomic E-state index is 13.3. The summed E-state index contributed by atoms with van der Waals surface area (Å²) in [6.07, 6.45) is 1.05. The Balaban J connectivity index is 2.37. The molecule has 1 atom stereocenters. The van der Waals surface area contributed by atoms with Gasteiger partial charge in [-0.15, -0.1) is 0 Å². The number of sulfonamides is 1. The molecule has 0 fully saturated rings. The van der Waals surface area contributed by atoms with Crippen LogP contribution in [0.4, 0.5) is 5.69 Å². The molecule has 31 heavy (non-hydrogen) atoms. The molecule has 1 unspecified atom stereocenters. The first kappa shape index (κ1) is 25.4. The van der Waals surface area contributed by atoms with Crippen molar-refractivity contribution >= 4 is 59.4 Å². The lowest BCUT2D eigenvalue weighted by Crippen LogP contribution is -2.51. The molecule has 7 nitrogen and oxygen atoms in total. The van der Waals surface area contributed by atoms with E-state index in [4.69, 9.17) is 0 Å². The Labute approximate surface area is 200 Å². The summed E-state index contributed by atoms with van der Waals surface area (Å²) in [6.45, 7) is 3.60. The lowest BCUT2D eigenvalue weighted by molar-refractivity contribution is -0.139. The van der Waals surface area contributed by atoms with Crippen molar-refractivity contribution in [2.75, 3.05) is 23.7 Å². The minimum Gasteiger partial charge on any atom is -0.355 e. The highest BCUT2D eigenvalue weighted by molar-refractivity contribution is 9.10. The van der Waals surface area contributed by atoms with Crippen LogP contribution >= 0.6 is 31.9 Å². The summed E-state index contributed by atoms with van der Waals surface area (Å²) in [5.74, 6) is -0.784. The molecular weight excluding hydrogens is 550 g/mol. The van der Waals surface area contributed by atoms with Crippen LogP contribution in [0.2, 0.25) is 0 Å². The standard InChI is InChI=1S/C21H25Br2N3O4S/c1-4-24-21(28)15(2)25(13-16-8-10-17(22)11-9-16)20(27)14-26(31(3,29)30)19-7-5-6-18(23)12-19/h5-12,15H,4,13-14H2,1-3H3,(H,24,28). The van der Waals surface area contributed by atoms with Gasteiger partial charge in [0.25, 0.3) is 0 Å². The zero-order valence-electron chi connectivity index (χ0n) is 17.5. The lowest BCUT2D eigenvalue weighted by Gasteiger charge is -2.31. The molecule has 0 aliphatic carbocycles. The van der Waals surface area contributed by atoms with Crippen molar-refractivity contribution < 1.29 is 18.0 Å². The molecule has 0 aliphatic rings. The monoisotopic (exact) mass is 573 g/mol. The highest BCUT2D eigenvalue weighted by Crippen LogP contribution is 2.23. The Morgan fingerprint density at radius 2 is 1.71 bits per heavy atom. The Bertz CT molecular complexity index is 1030. The number of anilines is 1. The van der Waals surface area contributed by atoms with Gasteiger partial charge in [0.2, 0.25) is 21.8 Å². The third kappa shape index (κ3) is 7.33. The average Bonchev–Trinajstić information content (AvgIpc) is 2.70. The van der Waals surface area contributed by atoms with Gasteiger partial charge in [-0.1, -0.05) is 50.1 Å². The molecule has 0 heterocycles. The van der Waals surface area contributed by atoms with E-state index in [9.17, 15) is 18.0 Å². The van der Waals surface area contributed by atoms with Crippen molar-refractivity contribution in [2.24, 2.45) is 0 Å². The SMILES string of the molecule is CCNC(=O)C(C)N(Cc1ccc(Br)cc1)C(=O)CN(c1cccc(Br)c1)S(C)(=O)=O. The summed E-state index contributed by atoms with van der Waals surface area (Å²) >= 11 is 6.71. The minimum absolute atomic E-state index is 0.167. The van der Waals surface area contributed by atoms with Gasteiger partial charge in [0.15, 0.2) is 0 Å². The second-order valence-corrected chi connectivity index (χ2v) is 10.7. The van der Waals surface area contributed by atoms with E-state index in [1.807, 2.05) is 24.3 Å². The fraction of sp³-hybridized carbons (Fsp3) is 0.333. The quantitative estimate of drug-likeness (QED) is 0.496. The molecule has 0 aromatic heterocycles. The van der Waals surface area contributed by atoms with Crippen molar-refractivity contribution in [1.82, 2.24) is 10.2 Å². The molecule has 0 saturated heterocycles. The largest absolute Gasteiger partial charge is 0.355 e. The molecule has 0 radical (unpaired) electrons. The number of halogens is 2. The zero-order valence-corrected chi connectivity index (χ0v) is 21.5. The molecule has 0 aliphatic heterocycles. The molecule has 0 saturated carbocycles. The van der Waals surface area contributed by atoms with E-state index in [0.29, 0.717) is 16.7 Å². The van der Waals surface area contributed by atoms with Crippen LogP contribution in [0.5, 0.6) is 0 Å². The first-order valence-electron chi connectivity index (χ1n) is 9.57. The van der Waals surface area contributed by atoms with E-state index >= 15 is 0 Å². The number of likely N-dealkylation sites (N-methyl/N-ethyl adjacent to an activating group) is 1. The molecule has 10 heteroatoms. The molecule has 0 spiro atoms. The molecule has 0 bridgehead atoms. The summed E-state index contributed by atoms with van der Waals surface area (Å²) in [5.41, 5.74) is 1.18. The van der Waals surface area contributed by atoms with Crippen LogP contribution < -0.4 is 9.62 Å². The van der Waals surface area contributed by atoms with Crippen molar-refractivity contribution in [3.8, 4) is 0 Å². The highest BCUT2D eigenvalue weighted by atomic mass is 79.9. The van der Waals surface area contributed by atoms with Crippen LogP contribution in [-0.2, 0) is 26.2 Å². The third-order valence-corrected chi connectivity index (χ3v) is 6.72. The predicted octanol–water partition coefficient (Wildman–Crippen LogP) is 3.53. The summed E-state index contributed by atoms with van der Waals surface area (Å²) in [6, 6.07) is 13.3. The number of nitrogens with zero attached hydrogens (tertiary/aromatic N) is 2. The fourth-order valence-corrected chi connectivity index (χ4v) is 4.43. The summed E-state index contributed by atoms with van der Waals surface area (Å²) in [4.78, 5) is 27.2. The van der Waals surface area contributed by atoms with E-state index in [1.54, 1.807) is 38.1 Å². The molecular formula is C21H25Br2N3O4S. The van der Waals surface area contributed by atoms with Crippen LogP contribution in [-0.4, -0.2) is 50.5 Å². The average molecular weight is 575 g/mol. The number of benzene rings is 2. The van der Waals surface area contributed by atoms with Gasteiger partial charge in [0.1, 0.15) is 12.6 Å². The van der Waals surface area contributed by atoms with Gasteiger partial charge in [-0.05, 0) is 49.7 Å². The first-order chi connectivity index (χ1) is 14.5. The Morgan fingerprint density at radius 3 is 2.26 bits per heavy atom. The molecule has 168 valence electrons. The predicted molar refractivity (Wildman–Crippen MR) is 129 cm³/mol. The number of amides is 2. The van der Waals surface area contributed by atoms with Gasteiger partial charge < -0.3 is 10.2 Å². The van der Waals surface area contributed by atoms with Gasteiger partial charge >= 0.3 is 0 Å². The smallest absolute Gasteiger partial charge is 0.244 e. The second-order valence-electron chi connectivity index (χ2n) is 6.97. The van der Waals surface area contributed by atoms with E-state index in [-0.39, 0.29) is 12.5 Å². The Morgan fingerprint density at radius 1 is 1.06 bits per heavy atom. The summed E-state index contributed by atoms with van der Waals surface area (Å²) < 4.78 is 27.5. The van der Waals surface area contributed by atoms with E-state index in [2.05, 4.69) is 37.2 Å². The summed E-state index contributed by atoms with van der Waals surface area (Å²) in [5, 5.41) is 2.72. The van der Waals surface area contributed by atoms with Crippen LogP contribution in [0.1, 0.15) is 19.4 Å². The van der Waals surface area contributed by atoms with Gasteiger partial charge in [0.05, 0.1) is 11.9 Å². The fourth-order valence-electron chi connectivity index (χ4n) is 2.94. The molecule has 2 rings (SSSR count). The number of carbonyl (C=O) groups is 2. The van der Waals surface area contributed by atoms with Crippen LogP contribution in [0.25, 0.3) is 0 Å². The maximum absolute atomic E-state index is 13.3. The van der Waals surface area contributed by atoms with E-state index in [1.165, 1.54) is 4.90 Å². The van der Waals surface area contributed by atoms with Crippen molar-refractivity contribution in [2.45, 2.75) is 26.4 Å². The van der Waals surface area contributed by atoms with E-state index < -0.39 is 28.5 Å². The number of hydrogen-bond acceptors (Lipinski definition) is 4. The molecule has 2 amide bonds. The number of hydrogen-bond donors (Lipinski definition) is 1. The minimum atomic E-state index is -3.74. The first-order valence-corrected chi connectivity index (χ1v) is 13.0. The van der Waals surface area contributed by atoms with Gasteiger partial charge in [-0.2, -0.15) is 0 Å². The van der Waals surface area contributed by atoms with Crippen molar-refractivity contribution in [1.29, 1.82) is 0 Å². The van der Waals surface area contributed by atoms with Crippen LogP contribution in [0.15, 0.2) is 57.5 Å². The normalized spacial score (nSPS) is 12.2. The highest BCUT2D eigenvalue weighted by Gasteiger charge is 2.29. The van der Waals surface area contributed by atoms with Gasteiger partial charge in [-0.3, -0.25) is 13.9 Å². The zero-order chi connectivity index (χ0) is 23.2.